The molecule has 0 spiro atoms. The second kappa shape index (κ2) is 5.98. The maximum Gasteiger partial charge on any atom is 0.417 e. The van der Waals surface area contributed by atoms with Crippen LogP contribution in [0.15, 0.2) is 29.1 Å². The number of morpholine rings is 1. The summed E-state index contributed by atoms with van der Waals surface area (Å²) in [6.07, 6.45) is -4.55. The summed E-state index contributed by atoms with van der Waals surface area (Å²) in [4.78, 5) is 13.9. The Kier molecular flexibility index (Phi) is 4.16. The first kappa shape index (κ1) is 16.0. The largest absolute Gasteiger partial charge is 0.417 e. The molecule has 1 aromatic heterocycles. The molecule has 4 nitrogen and oxygen atoms in total. The molecule has 1 aliphatic rings. The van der Waals surface area contributed by atoms with Gasteiger partial charge < -0.3 is 9.30 Å². The first-order valence-electron chi connectivity index (χ1n) is 7.36. The van der Waals surface area contributed by atoms with Gasteiger partial charge in [-0.2, -0.15) is 13.2 Å². The summed E-state index contributed by atoms with van der Waals surface area (Å²) >= 11 is 0. The van der Waals surface area contributed by atoms with Crippen molar-refractivity contribution >= 4 is 10.9 Å². The monoisotopic (exact) mass is 326 g/mol. The van der Waals surface area contributed by atoms with E-state index in [2.05, 4.69) is 4.90 Å². The Morgan fingerprint density at radius 1 is 1.17 bits per heavy atom. The number of hydrogen-bond donors (Lipinski definition) is 0. The number of hydrogen-bond acceptors (Lipinski definition) is 3. The predicted octanol–water partition coefficient (Wildman–Crippen LogP) is 2.39. The highest BCUT2D eigenvalue weighted by Crippen LogP contribution is 2.34. The molecule has 7 heteroatoms. The van der Waals surface area contributed by atoms with E-state index in [0.717, 1.165) is 18.7 Å². The fraction of sp³-hybridized carbons (Fsp3) is 0.438. The zero-order chi connectivity index (χ0) is 16.6. The summed E-state index contributed by atoms with van der Waals surface area (Å²) in [6, 6.07) is 5.56. The zero-order valence-corrected chi connectivity index (χ0v) is 12.7. The van der Waals surface area contributed by atoms with Gasteiger partial charge in [0.05, 0.1) is 24.3 Å². The number of alkyl halides is 3. The molecule has 2 aromatic rings. The van der Waals surface area contributed by atoms with Crippen LogP contribution in [0.2, 0.25) is 0 Å². The summed E-state index contributed by atoms with van der Waals surface area (Å²) in [5.41, 5.74) is -0.454. The van der Waals surface area contributed by atoms with E-state index in [-0.39, 0.29) is 10.9 Å². The van der Waals surface area contributed by atoms with E-state index >= 15 is 0 Å². The summed E-state index contributed by atoms with van der Waals surface area (Å²) < 4.78 is 46.2. The average Bonchev–Trinajstić information content (AvgIpc) is 2.51. The number of aryl methyl sites for hydroxylation is 1. The Bertz CT molecular complexity index is 777. The first-order chi connectivity index (χ1) is 10.9. The van der Waals surface area contributed by atoms with Crippen LogP contribution < -0.4 is 5.56 Å². The van der Waals surface area contributed by atoms with Crippen LogP contribution in [0.3, 0.4) is 0 Å². The highest BCUT2D eigenvalue weighted by atomic mass is 19.4. The van der Waals surface area contributed by atoms with Gasteiger partial charge in [-0.1, -0.05) is 6.07 Å². The second-order valence-electron chi connectivity index (χ2n) is 5.69. The van der Waals surface area contributed by atoms with E-state index in [4.69, 9.17) is 4.74 Å². The average molecular weight is 326 g/mol. The molecule has 0 radical (unpaired) electrons. The Balaban J connectivity index is 2.06. The van der Waals surface area contributed by atoms with Gasteiger partial charge in [-0.3, -0.25) is 9.69 Å². The topological polar surface area (TPSA) is 34.5 Å². The third-order valence-electron chi connectivity index (χ3n) is 4.13. The van der Waals surface area contributed by atoms with Crippen molar-refractivity contribution in [2.75, 3.05) is 26.3 Å². The second-order valence-corrected chi connectivity index (χ2v) is 5.69. The van der Waals surface area contributed by atoms with Gasteiger partial charge in [-0.25, -0.2) is 0 Å². The minimum absolute atomic E-state index is 0.0605. The Labute approximate surface area is 131 Å². The smallest absolute Gasteiger partial charge is 0.379 e. The van der Waals surface area contributed by atoms with Crippen molar-refractivity contribution in [2.45, 2.75) is 12.7 Å². The standard InChI is InChI=1S/C16H17F3N2O2/c1-20-14-3-2-11(10-21-4-6-23-7-5-21)8-12(14)13(9-15(20)22)16(17,18)19/h2-3,8-9H,4-7,10H2,1H3. The predicted molar refractivity (Wildman–Crippen MR) is 80.3 cm³/mol. The van der Waals surface area contributed by atoms with Crippen LogP contribution in [0.1, 0.15) is 11.1 Å². The number of benzene rings is 1. The van der Waals surface area contributed by atoms with Gasteiger partial charge in [0.15, 0.2) is 0 Å². The minimum atomic E-state index is -4.55. The van der Waals surface area contributed by atoms with E-state index in [9.17, 15) is 18.0 Å². The third-order valence-corrected chi connectivity index (χ3v) is 4.13. The highest BCUT2D eigenvalue weighted by Gasteiger charge is 2.33. The number of nitrogens with zero attached hydrogens (tertiary/aromatic N) is 2. The SMILES string of the molecule is Cn1c(=O)cc(C(F)(F)F)c2cc(CN3CCOCC3)ccc21. The minimum Gasteiger partial charge on any atom is -0.379 e. The third kappa shape index (κ3) is 3.25. The number of fused-ring (bicyclic) bond motifs is 1. The van der Waals surface area contributed by atoms with Gasteiger partial charge in [-0.15, -0.1) is 0 Å². The quantitative estimate of drug-likeness (QED) is 0.850. The molecule has 23 heavy (non-hydrogen) atoms. The molecule has 0 bridgehead atoms. The molecule has 124 valence electrons. The first-order valence-corrected chi connectivity index (χ1v) is 7.36. The normalized spacial score (nSPS) is 16.9. The van der Waals surface area contributed by atoms with Crippen LogP contribution in [-0.2, 0) is 24.5 Å². The number of ether oxygens (including phenoxy) is 1. The van der Waals surface area contributed by atoms with E-state index in [0.29, 0.717) is 25.8 Å². The van der Waals surface area contributed by atoms with Gasteiger partial charge in [0.2, 0.25) is 0 Å². The number of pyridine rings is 1. The lowest BCUT2D eigenvalue weighted by molar-refractivity contribution is -0.136. The van der Waals surface area contributed by atoms with Gasteiger partial charge in [0.1, 0.15) is 0 Å². The molecule has 0 amide bonds. The summed E-state index contributed by atoms with van der Waals surface area (Å²) in [6.45, 7) is 3.36. The number of halogens is 3. The van der Waals surface area contributed by atoms with E-state index < -0.39 is 17.3 Å². The van der Waals surface area contributed by atoms with Crippen LogP contribution >= 0.6 is 0 Å². The van der Waals surface area contributed by atoms with Crippen molar-refractivity contribution in [2.24, 2.45) is 7.05 Å². The molecule has 1 saturated heterocycles. The lowest BCUT2D eigenvalue weighted by atomic mass is 10.0. The lowest BCUT2D eigenvalue weighted by Crippen LogP contribution is -2.35. The van der Waals surface area contributed by atoms with Crippen LogP contribution in [0.5, 0.6) is 0 Å². The molecule has 1 aliphatic heterocycles. The van der Waals surface area contributed by atoms with E-state index in [1.807, 2.05) is 0 Å². The van der Waals surface area contributed by atoms with Gasteiger partial charge in [0, 0.05) is 38.1 Å². The fourth-order valence-corrected chi connectivity index (χ4v) is 2.86. The molecule has 0 atom stereocenters. The molecular formula is C16H17F3N2O2. The Morgan fingerprint density at radius 3 is 2.52 bits per heavy atom. The van der Waals surface area contributed by atoms with Crippen molar-refractivity contribution in [3.63, 3.8) is 0 Å². The van der Waals surface area contributed by atoms with Crippen molar-refractivity contribution in [3.05, 3.63) is 45.7 Å². The fourth-order valence-electron chi connectivity index (χ4n) is 2.86. The van der Waals surface area contributed by atoms with Crippen LogP contribution in [0.25, 0.3) is 10.9 Å². The zero-order valence-electron chi connectivity index (χ0n) is 12.7. The van der Waals surface area contributed by atoms with E-state index in [1.165, 1.54) is 17.7 Å². The summed E-state index contributed by atoms with van der Waals surface area (Å²) in [5, 5.41) is 0.0605. The maximum atomic E-state index is 13.2. The molecular weight excluding hydrogens is 309 g/mol. The molecule has 2 heterocycles. The summed E-state index contributed by atoms with van der Waals surface area (Å²) in [7, 11) is 1.48. The van der Waals surface area contributed by atoms with Crippen LogP contribution in [0.4, 0.5) is 13.2 Å². The van der Waals surface area contributed by atoms with Gasteiger partial charge in [0.25, 0.3) is 5.56 Å². The van der Waals surface area contributed by atoms with Crippen molar-refractivity contribution < 1.29 is 17.9 Å². The molecule has 0 aliphatic carbocycles. The highest BCUT2D eigenvalue weighted by molar-refractivity contribution is 5.83. The van der Waals surface area contributed by atoms with Gasteiger partial charge >= 0.3 is 6.18 Å². The maximum absolute atomic E-state index is 13.2. The van der Waals surface area contributed by atoms with Crippen molar-refractivity contribution in [1.82, 2.24) is 9.47 Å². The Hall–Kier alpha value is -1.86. The Morgan fingerprint density at radius 2 is 1.87 bits per heavy atom. The molecule has 0 saturated carbocycles. The van der Waals surface area contributed by atoms with Crippen molar-refractivity contribution in [1.29, 1.82) is 0 Å². The van der Waals surface area contributed by atoms with Crippen LogP contribution in [0, 0.1) is 0 Å². The molecule has 1 aromatic carbocycles. The molecule has 0 N–H and O–H groups in total. The van der Waals surface area contributed by atoms with Gasteiger partial charge in [-0.05, 0) is 17.7 Å². The molecule has 1 fully saturated rings. The summed E-state index contributed by atoms with van der Waals surface area (Å²) in [5.74, 6) is 0. The number of aromatic nitrogens is 1. The molecule has 3 rings (SSSR count). The van der Waals surface area contributed by atoms with Crippen LogP contribution in [-0.4, -0.2) is 35.8 Å². The van der Waals surface area contributed by atoms with Crippen molar-refractivity contribution in [3.8, 4) is 0 Å². The lowest BCUT2D eigenvalue weighted by Gasteiger charge is -2.26. The van der Waals surface area contributed by atoms with E-state index in [1.54, 1.807) is 12.1 Å². The number of rotatable bonds is 2. The molecule has 0 unspecified atom stereocenters.